The molecule has 2 aliphatic heterocycles. The number of anilines is 6. The molecule has 3 nitrogen and oxygen atoms in total. The van der Waals surface area contributed by atoms with Gasteiger partial charge in [-0.3, -0.25) is 4.90 Å². The van der Waals surface area contributed by atoms with Crippen LogP contribution in [0.4, 0.5) is 34.3 Å². The maximum atomic E-state index is 5.98. The van der Waals surface area contributed by atoms with Crippen LogP contribution in [-0.4, -0.2) is 11.7 Å². The number of nitrogens with zero attached hydrogens (tertiary/aromatic N) is 3. The fraction of sp³-hybridized carbons (Fsp3) is 0.431. The first-order chi connectivity index (χ1) is 32.3. The van der Waals surface area contributed by atoms with Crippen LogP contribution in [0.5, 0.6) is 0 Å². The standard InChI is InChI=1S/C65H78BN3S/c1-59(2,3)40-21-25-43(26-22-40)68-51-30-23-42(61(7,8)9)36-50(51)66-55-52(68)38-54(63(13,14)15)67-58(55)69(56-46-35-41(60(4,5)6)24-31-53(46)70-57(56)66)44-27-29-47(62(10,11)12)45(37-44)39-20-28-48-49(34-39)65(18,19)33-32-64(48,16)17/h20-31,34-38H,32-33H2,1-19H3. The molecule has 5 aromatic carbocycles. The van der Waals surface area contributed by atoms with Crippen LogP contribution in [0.1, 0.15) is 183 Å². The summed E-state index contributed by atoms with van der Waals surface area (Å²) < 4.78 is 2.70. The maximum absolute atomic E-state index is 5.98. The Morgan fingerprint density at radius 2 is 1.10 bits per heavy atom. The highest BCUT2D eigenvalue weighted by atomic mass is 32.1. The quantitative estimate of drug-likeness (QED) is 0.165. The summed E-state index contributed by atoms with van der Waals surface area (Å²) in [4.78, 5) is 11.2. The van der Waals surface area contributed by atoms with Gasteiger partial charge in [0.15, 0.2) is 0 Å². The second-order valence-corrected chi connectivity index (χ2v) is 28.8. The first-order valence-electron chi connectivity index (χ1n) is 26.1. The summed E-state index contributed by atoms with van der Waals surface area (Å²) in [5.74, 6) is 1.03. The molecule has 7 aromatic rings. The Morgan fingerprint density at radius 3 is 1.71 bits per heavy atom. The minimum Gasteiger partial charge on any atom is -0.311 e. The normalized spacial score (nSPS) is 16.5. The van der Waals surface area contributed by atoms with E-state index in [0.29, 0.717) is 0 Å². The molecule has 0 atom stereocenters. The van der Waals surface area contributed by atoms with Crippen molar-refractivity contribution in [1.29, 1.82) is 0 Å². The van der Waals surface area contributed by atoms with Gasteiger partial charge >= 0.3 is 0 Å². The van der Waals surface area contributed by atoms with Crippen LogP contribution in [0.3, 0.4) is 0 Å². The second-order valence-electron chi connectivity index (χ2n) is 27.7. The number of pyridine rings is 1. The average molecular weight is 944 g/mol. The van der Waals surface area contributed by atoms with Crippen LogP contribution in [0.2, 0.25) is 0 Å². The molecule has 0 fully saturated rings. The van der Waals surface area contributed by atoms with Gasteiger partial charge in [0, 0.05) is 43.0 Å². The third-order valence-electron chi connectivity index (χ3n) is 16.2. The van der Waals surface area contributed by atoms with Crippen molar-refractivity contribution in [3.8, 4) is 11.1 Å². The molecule has 0 bridgehead atoms. The van der Waals surface area contributed by atoms with E-state index < -0.39 is 0 Å². The SMILES string of the molecule is CC(C)(C)c1ccc(N2c3ccc(C(C)(C)C)cc3B3c4sc5ccc(C(C)(C)C)cc5c4N(c4ccc(C(C)(C)C)c(-c5ccc6c(c5)C(C)(C)CCC6(C)C)c4)c4nc(C(C)(C)C)cc2c43)cc1. The lowest BCUT2D eigenvalue weighted by atomic mass is 9.36. The van der Waals surface area contributed by atoms with E-state index in [1.165, 1.54) is 106 Å². The summed E-state index contributed by atoms with van der Waals surface area (Å²) in [6.07, 6.45) is 2.38. The van der Waals surface area contributed by atoms with Crippen molar-refractivity contribution >= 4 is 78.1 Å². The van der Waals surface area contributed by atoms with E-state index in [9.17, 15) is 0 Å². The van der Waals surface area contributed by atoms with E-state index in [2.05, 4.69) is 244 Å². The predicted octanol–water partition coefficient (Wildman–Crippen LogP) is 16.9. The molecule has 0 radical (unpaired) electrons. The topological polar surface area (TPSA) is 19.4 Å². The summed E-state index contributed by atoms with van der Waals surface area (Å²) >= 11 is 1.98. The molecule has 5 heteroatoms. The van der Waals surface area contributed by atoms with Gasteiger partial charge in [-0.25, -0.2) is 4.98 Å². The van der Waals surface area contributed by atoms with Gasteiger partial charge in [0.1, 0.15) is 5.82 Å². The monoisotopic (exact) mass is 944 g/mol. The van der Waals surface area contributed by atoms with E-state index in [0.717, 1.165) is 17.2 Å². The van der Waals surface area contributed by atoms with E-state index in [-0.39, 0.29) is 44.6 Å². The molecular weight excluding hydrogens is 866 g/mol. The van der Waals surface area contributed by atoms with Crippen molar-refractivity contribution < 1.29 is 0 Å². The number of rotatable bonds is 3. The second kappa shape index (κ2) is 15.7. The van der Waals surface area contributed by atoms with Crippen molar-refractivity contribution in [1.82, 2.24) is 4.98 Å². The summed E-state index contributed by atoms with van der Waals surface area (Å²) in [5.41, 5.74) is 20.6. The minimum atomic E-state index is -0.230. The summed E-state index contributed by atoms with van der Waals surface area (Å²) in [6, 6.07) is 41.3. The Kier molecular flexibility index (Phi) is 10.9. The van der Waals surface area contributed by atoms with Crippen molar-refractivity contribution in [3.63, 3.8) is 0 Å². The molecule has 4 heterocycles. The Labute approximate surface area is 426 Å². The number of fused-ring (bicyclic) bond motifs is 7. The zero-order valence-corrected chi connectivity index (χ0v) is 46.9. The molecule has 1 aliphatic carbocycles. The summed E-state index contributed by atoms with van der Waals surface area (Å²) in [5, 5.41) is 1.30. The number of thiophene rings is 1. The fourth-order valence-corrected chi connectivity index (χ4v) is 12.9. The molecule has 3 aliphatic rings. The highest BCUT2D eigenvalue weighted by Crippen LogP contribution is 2.52. The molecule has 0 saturated carbocycles. The number of aromatic nitrogens is 1. The molecular formula is C65H78BN3S. The van der Waals surface area contributed by atoms with Gasteiger partial charge in [-0.2, -0.15) is 0 Å². The maximum Gasteiger partial charge on any atom is 0.266 e. The van der Waals surface area contributed by atoms with Gasteiger partial charge in [0.2, 0.25) is 0 Å². The smallest absolute Gasteiger partial charge is 0.266 e. The van der Waals surface area contributed by atoms with Gasteiger partial charge in [-0.15, -0.1) is 11.3 Å². The Balaban J connectivity index is 1.33. The molecule has 0 amide bonds. The Morgan fingerprint density at radius 1 is 0.514 bits per heavy atom. The summed E-state index contributed by atoms with van der Waals surface area (Å²) in [7, 11) is 0. The number of hydrogen-bond acceptors (Lipinski definition) is 4. The van der Waals surface area contributed by atoms with Gasteiger partial charge in [-0.1, -0.05) is 186 Å². The first-order valence-corrected chi connectivity index (χ1v) is 26.9. The molecule has 70 heavy (non-hydrogen) atoms. The highest BCUT2D eigenvalue weighted by molar-refractivity contribution is 7.33. The van der Waals surface area contributed by atoms with E-state index >= 15 is 0 Å². The van der Waals surface area contributed by atoms with Crippen molar-refractivity contribution in [2.24, 2.45) is 0 Å². The van der Waals surface area contributed by atoms with E-state index in [4.69, 9.17) is 4.98 Å². The Bertz CT molecular complexity index is 3240. The van der Waals surface area contributed by atoms with E-state index in [1.54, 1.807) is 0 Å². The molecule has 0 N–H and O–H groups in total. The van der Waals surface area contributed by atoms with Crippen LogP contribution in [0.15, 0.2) is 103 Å². The lowest BCUT2D eigenvalue weighted by Crippen LogP contribution is -2.61. The number of hydrogen-bond donors (Lipinski definition) is 0. The minimum absolute atomic E-state index is 0.0183. The largest absolute Gasteiger partial charge is 0.311 e. The average Bonchev–Trinajstić information content (AvgIpc) is 3.64. The van der Waals surface area contributed by atoms with Gasteiger partial charge in [-0.05, 0) is 149 Å². The van der Waals surface area contributed by atoms with E-state index in [1.807, 2.05) is 11.3 Å². The lowest BCUT2D eigenvalue weighted by molar-refractivity contribution is 0.332. The third kappa shape index (κ3) is 7.96. The Hall–Kier alpha value is -5.13. The van der Waals surface area contributed by atoms with Crippen LogP contribution < -0.4 is 25.5 Å². The zero-order chi connectivity index (χ0) is 50.6. The molecule has 10 rings (SSSR count). The van der Waals surface area contributed by atoms with Crippen LogP contribution in [-0.2, 0) is 37.9 Å². The first kappa shape index (κ1) is 48.5. The molecule has 362 valence electrons. The third-order valence-corrected chi connectivity index (χ3v) is 17.5. The van der Waals surface area contributed by atoms with Crippen LogP contribution >= 0.6 is 11.3 Å². The highest BCUT2D eigenvalue weighted by Gasteiger charge is 2.48. The van der Waals surface area contributed by atoms with Gasteiger partial charge in [0.05, 0.1) is 11.4 Å². The number of benzene rings is 5. The molecule has 0 spiro atoms. The lowest BCUT2D eigenvalue weighted by Gasteiger charge is -2.44. The van der Waals surface area contributed by atoms with Crippen molar-refractivity contribution in [2.75, 3.05) is 9.80 Å². The molecule has 2 aromatic heterocycles. The summed E-state index contributed by atoms with van der Waals surface area (Å²) in [6.45, 7) is 44.8. The van der Waals surface area contributed by atoms with Crippen molar-refractivity contribution in [2.45, 2.75) is 182 Å². The predicted molar refractivity (Wildman–Crippen MR) is 308 cm³/mol. The van der Waals surface area contributed by atoms with Gasteiger partial charge < -0.3 is 4.90 Å². The fourth-order valence-electron chi connectivity index (χ4n) is 11.6. The molecule has 0 saturated heterocycles. The zero-order valence-electron chi connectivity index (χ0n) is 46.1. The van der Waals surface area contributed by atoms with Crippen LogP contribution in [0.25, 0.3) is 21.2 Å². The molecule has 0 unspecified atom stereocenters. The van der Waals surface area contributed by atoms with Gasteiger partial charge in [0.25, 0.3) is 6.71 Å². The van der Waals surface area contributed by atoms with Crippen LogP contribution in [0, 0.1) is 0 Å². The van der Waals surface area contributed by atoms with Crippen molar-refractivity contribution in [3.05, 3.63) is 142 Å².